The van der Waals surface area contributed by atoms with Crippen molar-refractivity contribution in [3.05, 3.63) is 70.7 Å². The zero-order valence-electron chi connectivity index (χ0n) is 10.7. The molecule has 2 aromatic carbocycles. The Morgan fingerprint density at radius 3 is 2.45 bits per heavy atom. The summed E-state index contributed by atoms with van der Waals surface area (Å²) in [5.41, 5.74) is 3.00. The Bertz CT molecular complexity index is 637. The zero-order valence-corrected chi connectivity index (χ0v) is 11.5. The van der Waals surface area contributed by atoms with Gasteiger partial charge in [-0.05, 0) is 23.3 Å². The van der Waals surface area contributed by atoms with Crippen molar-refractivity contribution < 1.29 is 4.79 Å². The Morgan fingerprint density at radius 1 is 1.10 bits per heavy atom. The molecular weight excluding hydrogens is 272 g/mol. The topological polar surface area (TPSA) is 32.7 Å². The maximum Gasteiger partial charge on any atom is 0.230 e. The molecule has 0 unspecified atom stereocenters. The number of rotatable bonds is 3. The van der Waals surface area contributed by atoms with Gasteiger partial charge in [-0.1, -0.05) is 54.1 Å². The highest BCUT2D eigenvalue weighted by Crippen LogP contribution is 2.31. The third-order valence-corrected chi connectivity index (χ3v) is 3.66. The highest BCUT2D eigenvalue weighted by molar-refractivity contribution is 6.30. The molecule has 0 bridgehead atoms. The molecule has 1 heterocycles. The van der Waals surface area contributed by atoms with Crippen LogP contribution in [0.2, 0.25) is 5.02 Å². The minimum atomic E-state index is -0.0284. The lowest BCUT2D eigenvalue weighted by Crippen LogP contribution is -2.17. The van der Waals surface area contributed by atoms with E-state index in [4.69, 9.17) is 11.6 Å². The van der Waals surface area contributed by atoms with Crippen molar-refractivity contribution in [1.29, 1.82) is 0 Å². The molecule has 0 fully saturated rings. The third-order valence-electron chi connectivity index (χ3n) is 3.41. The lowest BCUT2D eigenvalue weighted by atomic mass is 9.99. The van der Waals surface area contributed by atoms with E-state index in [9.17, 15) is 4.79 Å². The first-order valence-corrected chi connectivity index (χ1v) is 6.78. The fraction of sp³-hybridized carbons (Fsp3) is 0.125. The number of benzene rings is 2. The molecule has 2 aromatic rings. The predicted octanol–water partition coefficient (Wildman–Crippen LogP) is 3.65. The summed E-state index contributed by atoms with van der Waals surface area (Å²) in [5, 5.41) is 6.58. The Kier molecular flexibility index (Phi) is 3.52. The molecular formula is C16H13ClN2O. The monoisotopic (exact) mass is 284 g/mol. The molecule has 20 heavy (non-hydrogen) atoms. The summed E-state index contributed by atoms with van der Waals surface area (Å²) in [6, 6.07) is 17.4. The summed E-state index contributed by atoms with van der Waals surface area (Å²) in [7, 11) is 0. The smallest absolute Gasteiger partial charge is 0.230 e. The normalized spacial score (nSPS) is 17.9. The lowest BCUT2D eigenvalue weighted by molar-refractivity contribution is -0.119. The van der Waals surface area contributed by atoms with E-state index in [1.165, 1.54) is 5.01 Å². The van der Waals surface area contributed by atoms with E-state index >= 15 is 0 Å². The second-order valence-corrected chi connectivity index (χ2v) is 5.11. The van der Waals surface area contributed by atoms with E-state index in [0.29, 0.717) is 11.4 Å². The van der Waals surface area contributed by atoms with Gasteiger partial charge in [0.15, 0.2) is 0 Å². The Labute approximate surface area is 122 Å². The van der Waals surface area contributed by atoms with Gasteiger partial charge in [0.25, 0.3) is 0 Å². The number of nitrogens with zero attached hydrogens (tertiary/aromatic N) is 2. The van der Waals surface area contributed by atoms with Crippen molar-refractivity contribution in [3.8, 4) is 0 Å². The second kappa shape index (κ2) is 5.47. The van der Waals surface area contributed by atoms with Crippen LogP contribution in [0, 0.1) is 0 Å². The summed E-state index contributed by atoms with van der Waals surface area (Å²) in [4.78, 5) is 11.2. The van der Waals surface area contributed by atoms with Gasteiger partial charge in [0.1, 0.15) is 0 Å². The van der Waals surface area contributed by atoms with Crippen LogP contribution in [0.1, 0.15) is 23.6 Å². The molecule has 0 spiro atoms. The van der Waals surface area contributed by atoms with Crippen molar-refractivity contribution >= 4 is 23.7 Å². The van der Waals surface area contributed by atoms with Crippen LogP contribution in [0.4, 0.5) is 0 Å². The number of hydrazone groups is 1. The number of carbonyl (C=O) groups is 1. The highest BCUT2D eigenvalue weighted by atomic mass is 35.5. The van der Waals surface area contributed by atoms with Crippen LogP contribution in [0.15, 0.2) is 59.7 Å². The highest BCUT2D eigenvalue weighted by Gasteiger charge is 2.28. The number of hydrogen-bond donors (Lipinski definition) is 0. The number of carbonyl (C=O) groups excluding carboxylic acids is 1. The number of amides is 1. The Morgan fingerprint density at radius 2 is 1.80 bits per heavy atom. The van der Waals surface area contributed by atoms with Gasteiger partial charge in [-0.2, -0.15) is 5.10 Å². The Hall–Kier alpha value is -2.13. The van der Waals surface area contributed by atoms with Gasteiger partial charge in [-0.3, -0.25) is 4.79 Å². The standard InChI is InChI=1S/C16H13ClN2O/c17-14-8-6-12(7-9-14)15-10-16(19(11-20)18-15)13-4-2-1-3-5-13/h1-9,11,16H,10H2/t16-/m0/s1. The fourth-order valence-corrected chi connectivity index (χ4v) is 2.51. The summed E-state index contributed by atoms with van der Waals surface area (Å²) < 4.78 is 0. The summed E-state index contributed by atoms with van der Waals surface area (Å²) in [5.74, 6) is 0. The molecule has 100 valence electrons. The minimum Gasteiger partial charge on any atom is -0.277 e. The average Bonchev–Trinajstić information content (AvgIpc) is 2.93. The first-order valence-electron chi connectivity index (χ1n) is 6.40. The van der Waals surface area contributed by atoms with Gasteiger partial charge in [0.05, 0.1) is 11.8 Å². The number of hydrogen-bond acceptors (Lipinski definition) is 2. The summed E-state index contributed by atoms with van der Waals surface area (Å²) in [6.45, 7) is 0. The van der Waals surface area contributed by atoms with E-state index < -0.39 is 0 Å². The van der Waals surface area contributed by atoms with E-state index in [2.05, 4.69) is 5.10 Å². The van der Waals surface area contributed by atoms with E-state index in [1.807, 2.05) is 54.6 Å². The maximum absolute atomic E-state index is 11.2. The van der Waals surface area contributed by atoms with Crippen LogP contribution in [0.5, 0.6) is 0 Å². The molecule has 3 nitrogen and oxygen atoms in total. The quantitative estimate of drug-likeness (QED) is 0.792. The molecule has 1 aliphatic heterocycles. The molecule has 3 rings (SSSR count). The van der Waals surface area contributed by atoms with Crippen molar-refractivity contribution in [2.24, 2.45) is 5.10 Å². The fourth-order valence-electron chi connectivity index (χ4n) is 2.39. The first kappa shape index (κ1) is 12.9. The molecule has 0 saturated heterocycles. The molecule has 0 aliphatic carbocycles. The van der Waals surface area contributed by atoms with Crippen molar-refractivity contribution in [3.63, 3.8) is 0 Å². The van der Waals surface area contributed by atoms with Crippen LogP contribution in [-0.4, -0.2) is 17.1 Å². The van der Waals surface area contributed by atoms with Gasteiger partial charge in [-0.25, -0.2) is 5.01 Å². The first-order chi connectivity index (χ1) is 9.78. The number of halogens is 1. The Balaban J connectivity index is 1.89. The van der Waals surface area contributed by atoms with Gasteiger partial charge in [-0.15, -0.1) is 0 Å². The van der Waals surface area contributed by atoms with Crippen molar-refractivity contribution in [1.82, 2.24) is 5.01 Å². The molecule has 0 N–H and O–H groups in total. The molecule has 1 amide bonds. The van der Waals surface area contributed by atoms with Crippen LogP contribution < -0.4 is 0 Å². The van der Waals surface area contributed by atoms with Gasteiger partial charge in [0, 0.05) is 11.4 Å². The van der Waals surface area contributed by atoms with E-state index in [-0.39, 0.29) is 6.04 Å². The maximum atomic E-state index is 11.2. The van der Waals surface area contributed by atoms with Crippen molar-refractivity contribution in [2.75, 3.05) is 0 Å². The van der Waals surface area contributed by atoms with Gasteiger partial charge in [0.2, 0.25) is 6.41 Å². The molecule has 1 aliphatic rings. The summed E-state index contributed by atoms with van der Waals surface area (Å²) in [6.07, 6.45) is 1.49. The SMILES string of the molecule is O=CN1N=C(c2ccc(Cl)cc2)C[C@H]1c1ccccc1. The second-order valence-electron chi connectivity index (χ2n) is 4.67. The van der Waals surface area contributed by atoms with Gasteiger partial charge >= 0.3 is 0 Å². The summed E-state index contributed by atoms with van der Waals surface area (Å²) >= 11 is 5.89. The molecule has 1 atom stereocenters. The average molecular weight is 285 g/mol. The van der Waals surface area contributed by atoms with Crippen LogP contribution in [0.25, 0.3) is 0 Å². The third kappa shape index (κ3) is 2.45. The van der Waals surface area contributed by atoms with Crippen molar-refractivity contribution in [2.45, 2.75) is 12.5 Å². The minimum absolute atomic E-state index is 0.0284. The lowest BCUT2D eigenvalue weighted by Gasteiger charge is -2.16. The van der Waals surface area contributed by atoms with Gasteiger partial charge < -0.3 is 0 Å². The zero-order chi connectivity index (χ0) is 13.9. The molecule has 4 heteroatoms. The van der Waals surface area contributed by atoms with Crippen LogP contribution in [-0.2, 0) is 4.79 Å². The molecule has 0 saturated carbocycles. The largest absolute Gasteiger partial charge is 0.277 e. The van der Waals surface area contributed by atoms with E-state index in [1.54, 1.807) is 0 Å². The van der Waals surface area contributed by atoms with Crippen LogP contribution >= 0.6 is 11.6 Å². The predicted molar refractivity (Wildman–Crippen MR) is 79.7 cm³/mol. The van der Waals surface area contributed by atoms with E-state index in [0.717, 1.165) is 23.2 Å². The molecule has 0 radical (unpaired) electrons. The van der Waals surface area contributed by atoms with Crippen LogP contribution in [0.3, 0.4) is 0 Å². The molecule has 0 aromatic heterocycles.